The van der Waals surface area contributed by atoms with E-state index >= 15 is 0 Å². The molecule has 1 N–H and O–H groups in total. The first-order valence-electron chi connectivity index (χ1n) is 11.7. The van der Waals surface area contributed by atoms with Crippen LogP contribution in [0.5, 0.6) is 0 Å². The number of carbonyl (C=O) groups excluding carboxylic acids is 3. The van der Waals surface area contributed by atoms with Gasteiger partial charge in [0.25, 0.3) is 5.91 Å². The summed E-state index contributed by atoms with van der Waals surface area (Å²) in [5.74, 6) is -0.499. The number of esters is 1. The van der Waals surface area contributed by atoms with Gasteiger partial charge in [0.1, 0.15) is 5.76 Å². The predicted octanol–water partition coefficient (Wildman–Crippen LogP) is 5.22. The third-order valence-electron chi connectivity index (χ3n) is 6.15. The molecule has 0 saturated carbocycles. The van der Waals surface area contributed by atoms with Gasteiger partial charge >= 0.3 is 5.97 Å². The Kier molecular flexibility index (Phi) is 7.90. The zero-order valence-electron chi connectivity index (χ0n) is 20.1. The lowest BCUT2D eigenvalue weighted by molar-refractivity contribution is -0.140. The van der Waals surface area contributed by atoms with Gasteiger partial charge in [-0.25, -0.2) is 4.79 Å². The maximum absolute atomic E-state index is 13.2. The van der Waals surface area contributed by atoms with Gasteiger partial charge in [-0.3, -0.25) is 9.59 Å². The van der Waals surface area contributed by atoms with Crippen molar-refractivity contribution in [2.45, 2.75) is 39.3 Å². The summed E-state index contributed by atoms with van der Waals surface area (Å²) >= 11 is 6.03. The van der Waals surface area contributed by atoms with Crippen LogP contribution in [0.2, 0.25) is 5.02 Å². The molecule has 1 aliphatic heterocycles. The highest BCUT2D eigenvalue weighted by Gasteiger charge is 2.36. The Morgan fingerprint density at radius 3 is 2.47 bits per heavy atom. The van der Waals surface area contributed by atoms with E-state index in [1.807, 2.05) is 12.1 Å². The third-order valence-corrected chi connectivity index (χ3v) is 6.40. The SMILES string of the molecule is CCOC(=O)C1=C(C)N(Cc2ccc(C(=O)NCc3ccco3)cc2)C(=O)CC1c1ccc(Cl)cc1. The van der Waals surface area contributed by atoms with Gasteiger partial charge in [0.2, 0.25) is 5.91 Å². The topological polar surface area (TPSA) is 88.8 Å². The number of benzene rings is 2. The molecule has 0 fully saturated rings. The fourth-order valence-electron chi connectivity index (χ4n) is 4.28. The number of ether oxygens (including phenoxy) is 1. The molecule has 2 heterocycles. The molecule has 0 aliphatic carbocycles. The molecule has 2 aromatic carbocycles. The van der Waals surface area contributed by atoms with E-state index in [0.29, 0.717) is 34.2 Å². The van der Waals surface area contributed by atoms with Gasteiger partial charge in [-0.2, -0.15) is 0 Å². The maximum atomic E-state index is 13.2. The largest absolute Gasteiger partial charge is 0.467 e. The molecule has 186 valence electrons. The van der Waals surface area contributed by atoms with E-state index in [1.54, 1.807) is 73.5 Å². The van der Waals surface area contributed by atoms with E-state index in [9.17, 15) is 14.4 Å². The highest BCUT2D eigenvalue weighted by molar-refractivity contribution is 6.30. The van der Waals surface area contributed by atoms with Crippen molar-refractivity contribution in [3.8, 4) is 0 Å². The summed E-state index contributed by atoms with van der Waals surface area (Å²) in [5, 5.41) is 3.39. The second-order valence-corrected chi connectivity index (χ2v) is 8.90. The van der Waals surface area contributed by atoms with Gasteiger partial charge in [-0.1, -0.05) is 35.9 Å². The van der Waals surface area contributed by atoms with Crippen LogP contribution in [0.1, 0.15) is 53.4 Å². The number of allylic oxidation sites excluding steroid dienone is 1. The number of hydrogen-bond donors (Lipinski definition) is 1. The molecule has 1 unspecified atom stereocenters. The number of furan rings is 1. The average molecular weight is 507 g/mol. The van der Waals surface area contributed by atoms with E-state index in [-0.39, 0.29) is 31.4 Å². The van der Waals surface area contributed by atoms with Crippen molar-refractivity contribution in [1.29, 1.82) is 0 Å². The fraction of sp³-hybridized carbons (Fsp3) is 0.250. The lowest BCUT2D eigenvalue weighted by atomic mass is 9.83. The highest BCUT2D eigenvalue weighted by Crippen LogP contribution is 2.38. The van der Waals surface area contributed by atoms with Crippen LogP contribution in [-0.4, -0.2) is 29.3 Å². The Bertz CT molecular complexity index is 1260. The third kappa shape index (κ3) is 5.69. The average Bonchev–Trinajstić information content (AvgIpc) is 3.39. The van der Waals surface area contributed by atoms with Crippen LogP contribution < -0.4 is 5.32 Å². The number of halogens is 1. The normalized spacial score (nSPS) is 15.7. The van der Waals surface area contributed by atoms with Crippen LogP contribution in [0.15, 0.2) is 82.6 Å². The first-order chi connectivity index (χ1) is 17.4. The van der Waals surface area contributed by atoms with E-state index < -0.39 is 11.9 Å². The lowest BCUT2D eigenvalue weighted by Crippen LogP contribution is -2.38. The number of amides is 2. The summed E-state index contributed by atoms with van der Waals surface area (Å²) in [6.45, 7) is 4.33. The van der Waals surface area contributed by atoms with Crippen LogP contribution in [0.3, 0.4) is 0 Å². The van der Waals surface area contributed by atoms with Gasteiger partial charge < -0.3 is 19.4 Å². The van der Waals surface area contributed by atoms with Crippen molar-refractivity contribution in [1.82, 2.24) is 10.2 Å². The second-order valence-electron chi connectivity index (χ2n) is 8.47. The molecule has 8 heteroatoms. The molecule has 1 atom stereocenters. The fourth-order valence-corrected chi connectivity index (χ4v) is 4.41. The minimum absolute atomic E-state index is 0.0965. The zero-order chi connectivity index (χ0) is 25.7. The molecule has 3 aromatic rings. The predicted molar refractivity (Wildman–Crippen MR) is 135 cm³/mol. The first-order valence-corrected chi connectivity index (χ1v) is 12.1. The van der Waals surface area contributed by atoms with Gasteiger partial charge in [-0.15, -0.1) is 0 Å². The molecular weight excluding hydrogens is 480 g/mol. The lowest BCUT2D eigenvalue weighted by Gasteiger charge is -2.34. The van der Waals surface area contributed by atoms with E-state index in [1.165, 1.54) is 0 Å². The monoisotopic (exact) mass is 506 g/mol. The summed E-state index contributed by atoms with van der Waals surface area (Å²) < 4.78 is 10.6. The van der Waals surface area contributed by atoms with Crippen molar-refractivity contribution in [2.75, 3.05) is 6.61 Å². The quantitative estimate of drug-likeness (QED) is 0.423. The number of hydrogen-bond acceptors (Lipinski definition) is 5. The summed E-state index contributed by atoms with van der Waals surface area (Å²) in [7, 11) is 0. The van der Waals surface area contributed by atoms with Crippen LogP contribution in [0, 0.1) is 0 Å². The molecule has 1 aromatic heterocycles. The molecule has 0 saturated heterocycles. The van der Waals surface area contributed by atoms with Crippen LogP contribution in [-0.2, 0) is 27.4 Å². The van der Waals surface area contributed by atoms with Crippen LogP contribution in [0.25, 0.3) is 0 Å². The van der Waals surface area contributed by atoms with Crippen LogP contribution >= 0.6 is 11.6 Å². The Balaban J connectivity index is 1.53. The minimum Gasteiger partial charge on any atom is -0.467 e. The molecule has 7 nitrogen and oxygen atoms in total. The number of rotatable bonds is 8. The smallest absolute Gasteiger partial charge is 0.336 e. The molecule has 1 aliphatic rings. The maximum Gasteiger partial charge on any atom is 0.336 e. The van der Waals surface area contributed by atoms with Crippen molar-refractivity contribution >= 4 is 29.4 Å². The summed E-state index contributed by atoms with van der Waals surface area (Å²) in [6.07, 6.45) is 1.69. The molecular formula is C28H27ClN2O5. The van der Waals surface area contributed by atoms with Gasteiger partial charge in [0.05, 0.1) is 31.5 Å². The van der Waals surface area contributed by atoms with Crippen molar-refractivity contribution < 1.29 is 23.5 Å². The minimum atomic E-state index is -0.434. The molecule has 0 spiro atoms. The Morgan fingerprint density at radius 2 is 1.83 bits per heavy atom. The van der Waals surface area contributed by atoms with E-state index in [2.05, 4.69) is 5.32 Å². The van der Waals surface area contributed by atoms with Gasteiger partial charge in [0.15, 0.2) is 0 Å². The second kappa shape index (κ2) is 11.3. The highest BCUT2D eigenvalue weighted by atomic mass is 35.5. The summed E-state index contributed by atoms with van der Waals surface area (Å²) in [4.78, 5) is 40.2. The number of nitrogens with one attached hydrogen (secondary N) is 1. The van der Waals surface area contributed by atoms with Crippen molar-refractivity contribution in [2.24, 2.45) is 0 Å². The molecule has 0 bridgehead atoms. The summed E-state index contributed by atoms with van der Waals surface area (Å²) in [5.41, 5.74) is 3.19. The zero-order valence-corrected chi connectivity index (χ0v) is 20.9. The van der Waals surface area contributed by atoms with Crippen LogP contribution in [0.4, 0.5) is 0 Å². The van der Waals surface area contributed by atoms with E-state index in [4.69, 9.17) is 20.8 Å². The Hall–Kier alpha value is -3.84. The molecule has 4 rings (SSSR count). The van der Waals surface area contributed by atoms with Crippen molar-refractivity contribution in [3.63, 3.8) is 0 Å². The summed E-state index contributed by atoms with van der Waals surface area (Å²) in [6, 6.07) is 17.7. The molecule has 36 heavy (non-hydrogen) atoms. The van der Waals surface area contributed by atoms with Gasteiger partial charge in [-0.05, 0) is 61.4 Å². The van der Waals surface area contributed by atoms with E-state index in [0.717, 1.165) is 11.1 Å². The molecule has 2 amide bonds. The van der Waals surface area contributed by atoms with Crippen molar-refractivity contribution in [3.05, 3.63) is 106 Å². The number of nitrogens with zero attached hydrogens (tertiary/aromatic N) is 1. The Labute approximate surface area is 214 Å². The Morgan fingerprint density at radius 1 is 1.11 bits per heavy atom. The standard InChI is InChI=1S/C28H27ClN2O5/c1-3-35-28(34)26-18(2)31(25(32)15-24(26)20-10-12-22(29)13-11-20)17-19-6-8-21(9-7-19)27(33)30-16-23-5-4-14-36-23/h4-14,24H,3,15-17H2,1-2H3,(H,30,33). The first kappa shape index (κ1) is 25.3. The van der Waals surface area contributed by atoms with Gasteiger partial charge in [0, 0.05) is 28.6 Å². The molecule has 0 radical (unpaired) electrons. The number of carbonyl (C=O) groups is 3.